The van der Waals surface area contributed by atoms with Gasteiger partial charge in [0, 0.05) is 11.6 Å². The summed E-state index contributed by atoms with van der Waals surface area (Å²) in [5.41, 5.74) is 0.626. The first-order valence-corrected chi connectivity index (χ1v) is 5.73. The van der Waals surface area contributed by atoms with Crippen LogP contribution in [0.15, 0.2) is 12.1 Å². The highest BCUT2D eigenvalue weighted by Crippen LogP contribution is 2.25. The lowest BCUT2D eigenvalue weighted by Gasteiger charge is -2.20. The highest BCUT2D eigenvalue weighted by atomic mass is 19.1. The normalized spacial score (nSPS) is 13.1. The number of aryl methyl sites for hydroxylation is 1. The van der Waals surface area contributed by atoms with Gasteiger partial charge in [0.25, 0.3) is 0 Å². The molecule has 1 atom stereocenters. The molecule has 4 heteroatoms. The topological polar surface area (TPSA) is 15.3 Å². The number of hydrogen-bond donors (Lipinski definition) is 1. The van der Waals surface area contributed by atoms with E-state index >= 15 is 0 Å². The van der Waals surface area contributed by atoms with Crippen LogP contribution in [0, 0.1) is 18.6 Å². The molecule has 0 aliphatic rings. The van der Waals surface area contributed by atoms with E-state index in [1.807, 2.05) is 19.0 Å². The zero-order valence-electron chi connectivity index (χ0n) is 10.8. The van der Waals surface area contributed by atoms with Gasteiger partial charge in [0.2, 0.25) is 0 Å². The van der Waals surface area contributed by atoms with Gasteiger partial charge in [0.05, 0.1) is 0 Å². The van der Waals surface area contributed by atoms with Crippen LogP contribution in [0.2, 0.25) is 0 Å². The zero-order valence-corrected chi connectivity index (χ0v) is 10.8. The van der Waals surface area contributed by atoms with Crippen molar-refractivity contribution in [1.82, 2.24) is 10.2 Å². The van der Waals surface area contributed by atoms with Crippen molar-refractivity contribution in [3.8, 4) is 0 Å². The molecule has 0 heterocycles. The van der Waals surface area contributed by atoms with Crippen molar-refractivity contribution in [2.45, 2.75) is 19.4 Å². The van der Waals surface area contributed by atoms with Crippen LogP contribution in [-0.2, 0) is 0 Å². The Balaban J connectivity index is 2.98. The lowest BCUT2D eigenvalue weighted by atomic mass is 10.00. The van der Waals surface area contributed by atoms with Crippen molar-refractivity contribution in [2.75, 3.05) is 27.7 Å². The van der Waals surface area contributed by atoms with Crippen LogP contribution >= 0.6 is 0 Å². The molecule has 1 N–H and O–H groups in total. The van der Waals surface area contributed by atoms with Crippen LogP contribution in [0.3, 0.4) is 0 Å². The van der Waals surface area contributed by atoms with Crippen molar-refractivity contribution in [3.05, 3.63) is 34.9 Å². The van der Waals surface area contributed by atoms with E-state index < -0.39 is 11.6 Å². The monoisotopic (exact) mass is 242 g/mol. The van der Waals surface area contributed by atoms with E-state index in [0.29, 0.717) is 12.0 Å². The first-order chi connectivity index (χ1) is 7.97. The molecule has 1 aromatic rings. The molecule has 1 aromatic carbocycles. The molecule has 2 nitrogen and oxygen atoms in total. The summed E-state index contributed by atoms with van der Waals surface area (Å²) in [4.78, 5) is 2.00. The average molecular weight is 242 g/mol. The summed E-state index contributed by atoms with van der Waals surface area (Å²) in [7, 11) is 5.60. The van der Waals surface area contributed by atoms with E-state index in [1.165, 1.54) is 12.1 Å². The Labute approximate surface area is 102 Å². The SMILES string of the molecule is CNC(CCN(C)C)c1c(F)ccc(C)c1F. The molecule has 0 fully saturated rings. The second kappa shape index (κ2) is 6.07. The minimum atomic E-state index is -0.480. The second-order valence-corrected chi connectivity index (χ2v) is 4.53. The van der Waals surface area contributed by atoms with Crippen LogP contribution < -0.4 is 5.32 Å². The summed E-state index contributed by atoms with van der Waals surface area (Å²) in [5, 5.41) is 2.98. The maximum Gasteiger partial charge on any atom is 0.133 e. The summed E-state index contributed by atoms with van der Waals surface area (Å²) in [6.45, 7) is 2.43. The number of benzene rings is 1. The molecular formula is C13H20F2N2. The first-order valence-electron chi connectivity index (χ1n) is 5.73. The predicted molar refractivity (Wildman–Crippen MR) is 66.1 cm³/mol. The molecule has 0 spiro atoms. The number of nitrogens with one attached hydrogen (secondary N) is 1. The standard InChI is InChI=1S/C13H20F2N2/c1-9-5-6-10(14)12(13(9)15)11(16-2)7-8-17(3)4/h5-6,11,16H,7-8H2,1-4H3. The highest BCUT2D eigenvalue weighted by molar-refractivity contribution is 5.29. The van der Waals surface area contributed by atoms with Gasteiger partial charge in [-0.25, -0.2) is 8.78 Å². The number of rotatable bonds is 5. The fraction of sp³-hybridized carbons (Fsp3) is 0.538. The molecule has 17 heavy (non-hydrogen) atoms. The quantitative estimate of drug-likeness (QED) is 0.853. The molecular weight excluding hydrogens is 222 g/mol. The van der Waals surface area contributed by atoms with Gasteiger partial charge in [0.15, 0.2) is 0 Å². The van der Waals surface area contributed by atoms with E-state index in [1.54, 1.807) is 14.0 Å². The van der Waals surface area contributed by atoms with E-state index in [9.17, 15) is 8.78 Å². The largest absolute Gasteiger partial charge is 0.313 e. The molecule has 96 valence electrons. The Morgan fingerprint density at radius 2 is 1.94 bits per heavy atom. The maximum atomic E-state index is 13.9. The molecule has 1 unspecified atom stereocenters. The fourth-order valence-electron chi connectivity index (χ4n) is 1.82. The number of hydrogen-bond acceptors (Lipinski definition) is 2. The highest BCUT2D eigenvalue weighted by Gasteiger charge is 2.20. The third-order valence-electron chi connectivity index (χ3n) is 2.88. The van der Waals surface area contributed by atoms with Gasteiger partial charge in [0.1, 0.15) is 11.6 Å². The van der Waals surface area contributed by atoms with Gasteiger partial charge in [-0.2, -0.15) is 0 Å². The minimum absolute atomic E-state index is 0.148. The Morgan fingerprint density at radius 1 is 1.29 bits per heavy atom. The third kappa shape index (κ3) is 3.48. The molecule has 1 rings (SSSR count). The van der Waals surface area contributed by atoms with Crippen molar-refractivity contribution in [2.24, 2.45) is 0 Å². The van der Waals surface area contributed by atoms with Crippen molar-refractivity contribution in [3.63, 3.8) is 0 Å². The number of halogens is 2. The second-order valence-electron chi connectivity index (χ2n) is 4.53. The molecule has 0 radical (unpaired) electrons. The lowest BCUT2D eigenvalue weighted by molar-refractivity contribution is 0.359. The van der Waals surface area contributed by atoms with Gasteiger partial charge in [-0.15, -0.1) is 0 Å². The van der Waals surface area contributed by atoms with Crippen molar-refractivity contribution >= 4 is 0 Å². The summed E-state index contributed by atoms with van der Waals surface area (Å²) in [6.07, 6.45) is 0.667. The minimum Gasteiger partial charge on any atom is -0.313 e. The Kier molecular flexibility index (Phi) is 5.02. The van der Waals surface area contributed by atoms with Gasteiger partial charge in [-0.3, -0.25) is 0 Å². The molecule has 0 aliphatic carbocycles. The Hall–Kier alpha value is -1.00. The average Bonchev–Trinajstić information content (AvgIpc) is 2.28. The maximum absolute atomic E-state index is 13.9. The van der Waals surface area contributed by atoms with E-state index in [-0.39, 0.29) is 11.6 Å². The van der Waals surface area contributed by atoms with Gasteiger partial charge >= 0.3 is 0 Å². The molecule has 0 bridgehead atoms. The lowest BCUT2D eigenvalue weighted by Crippen LogP contribution is -2.24. The summed E-state index contributed by atoms with van der Waals surface area (Å²) in [6, 6.07) is 2.50. The number of nitrogens with zero attached hydrogens (tertiary/aromatic N) is 1. The van der Waals surface area contributed by atoms with Gasteiger partial charge in [-0.05, 0) is 52.7 Å². The van der Waals surface area contributed by atoms with E-state index in [0.717, 1.165) is 6.54 Å². The van der Waals surface area contributed by atoms with Gasteiger partial charge in [-0.1, -0.05) is 6.07 Å². The Morgan fingerprint density at radius 3 is 2.47 bits per heavy atom. The van der Waals surface area contributed by atoms with E-state index in [2.05, 4.69) is 5.32 Å². The summed E-state index contributed by atoms with van der Waals surface area (Å²) in [5.74, 6) is -0.922. The van der Waals surface area contributed by atoms with Crippen LogP contribution in [0.4, 0.5) is 8.78 Å². The smallest absolute Gasteiger partial charge is 0.133 e. The third-order valence-corrected chi connectivity index (χ3v) is 2.88. The molecule has 0 saturated heterocycles. The molecule has 0 amide bonds. The fourth-order valence-corrected chi connectivity index (χ4v) is 1.82. The molecule has 0 saturated carbocycles. The first kappa shape index (κ1) is 14.1. The predicted octanol–water partition coefficient (Wildman–Crippen LogP) is 2.49. The summed E-state index contributed by atoms with van der Waals surface area (Å²) >= 11 is 0. The molecule has 0 aromatic heterocycles. The zero-order chi connectivity index (χ0) is 13.0. The summed E-state index contributed by atoms with van der Waals surface area (Å²) < 4.78 is 27.6. The van der Waals surface area contributed by atoms with Crippen LogP contribution in [0.5, 0.6) is 0 Å². The van der Waals surface area contributed by atoms with E-state index in [4.69, 9.17) is 0 Å². The van der Waals surface area contributed by atoms with Crippen LogP contribution in [0.1, 0.15) is 23.6 Å². The van der Waals surface area contributed by atoms with Crippen LogP contribution in [0.25, 0.3) is 0 Å². The van der Waals surface area contributed by atoms with Crippen LogP contribution in [-0.4, -0.2) is 32.6 Å². The van der Waals surface area contributed by atoms with Crippen molar-refractivity contribution in [1.29, 1.82) is 0 Å². The molecule has 0 aliphatic heterocycles. The Bertz CT molecular complexity index is 378. The van der Waals surface area contributed by atoms with Gasteiger partial charge < -0.3 is 10.2 Å². The van der Waals surface area contributed by atoms with Crippen molar-refractivity contribution < 1.29 is 8.78 Å².